The lowest BCUT2D eigenvalue weighted by Gasteiger charge is -2.54. The summed E-state index contributed by atoms with van der Waals surface area (Å²) >= 11 is 0. The van der Waals surface area contributed by atoms with Gasteiger partial charge in [-0.15, -0.1) is 0 Å². The summed E-state index contributed by atoms with van der Waals surface area (Å²) < 4.78 is 28.3. The number of hydrogen-bond donors (Lipinski definition) is 0. The molecule has 0 aliphatic heterocycles. The van der Waals surface area contributed by atoms with E-state index in [0.29, 0.717) is 17.4 Å². The highest BCUT2D eigenvalue weighted by atomic mass is 32.2. The fraction of sp³-hybridized carbons (Fsp3) is 0.833. The summed E-state index contributed by atoms with van der Waals surface area (Å²) in [5, 5.41) is 12.8. The lowest BCUT2D eigenvalue weighted by molar-refractivity contribution is -0.0395. The third-order valence-corrected chi connectivity index (χ3v) is 11.4. The van der Waals surface area contributed by atoms with Gasteiger partial charge < -0.3 is 0 Å². The Kier molecular flexibility index (Phi) is 6.05. The van der Waals surface area contributed by atoms with Crippen LogP contribution in [-0.2, 0) is 15.7 Å². The number of hydrogen-bond acceptors (Lipinski definition) is 4. The number of sulfone groups is 1. The van der Waals surface area contributed by atoms with E-state index in [1.807, 2.05) is 6.07 Å². The van der Waals surface area contributed by atoms with Crippen molar-refractivity contribution in [3.63, 3.8) is 0 Å². The molecule has 3 aliphatic carbocycles. The molecular formula is C24H37N3O2S. The molecule has 0 amide bonds. The second-order valence-electron chi connectivity index (χ2n) is 10.4. The van der Waals surface area contributed by atoms with Crippen molar-refractivity contribution in [2.45, 2.75) is 89.7 Å². The number of rotatable bonds is 6. The Balaban J connectivity index is 1.55. The summed E-state index contributed by atoms with van der Waals surface area (Å²) in [6, 6.07) is 2.03. The predicted molar refractivity (Wildman–Crippen MR) is 118 cm³/mol. The van der Waals surface area contributed by atoms with Crippen LogP contribution in [0.25, 0.3) is 0 Å². The zero-order chi connectivity index (χ0) is 21.5. The minimum atomic E-state index is -3.32. The second kappa shape index (κ2) is 8.30. The van der Waals surface area contributed by atoms with E-state index in [1.54, 1.807) is 6.20 Å². The fourth-order valence-corrected chi connectivity index (χ4v) is 10.1. The summed E-state index contributed by atoms with van der Waals surface area (Å²) in [7, 11) is -3.32. The van der Waals surface area contributed by atoms with Crippen molar-refractivity contribution in [1.82, 2.24) is 9.78 Å². The van der Waals surface area contributed by atoms with Gasteiger partial charge >= 0.3 is 0 Å². The molecule has 5 nitrogen and oxygen atoms in total. The zero-order valence-electron chi connectivity index (χ0n) is 18.8. The number of nitriles is 1. The van der Waals surface area contributed by atoms with Gasteiger partial charge in [0.25, 0.3) is 0 Å². The Labute approximate surface area is 182 Å². The van der Waals surface area contributed by atoms with E-state index in [2.05, 4.69) is 25.9 Å². The standard InChI is InChI=1S/C24H37N3O2S/c1-4-6-19-18(5-2)7-8-21-20(19)11-12-24(3)22(21)9-10-23(24)30(28,29)16-27-15-17(13-25)14-26-27/h14-15,18-23H,4-12,16H2,1-3H3. The minimum absolute atomic E-state index is 0.105. The summed E-state index contributed by atoms with van der Waals surface area (Å²) in [6.07, 6.45) is 13.6. The molecule has 4 rings (SSSR count). The fourth-order valence-electron chi connectivity index (χ4n) is 7.83. The Morgan fingerprint density at radius 1 is 1.20 bits per heavy atom. The van der Waals surface area contributed by atoms with Gasteiger partial charge in [0.1, 0.15) is 11.9 Å². The van der Waals surface area contributed by atoms with E-state index < -0.39 is 9.84 Å². The molecule has 1 aromatic heterocycles. The van der Waals surface area contributed by atoms with Crippen LogP contribution in [0.4, 0.5) is 0 Å². The van der Waals surface area contributed by atoms with E-state index >= 15 is 0 Å². The van der Waals surface area contributed by atoms with Gasteiger partial charge in [-0.05, 0) is 73.5 Å². The molecule has 3 saturated carbocycles. The molecule has 0 spiro atoms. The SMILES string of the molecule is CCCC1C(CC)CCC2C1CCC1(C)C2CCC1S(=O)(=O)Cn1cc(C#N)cn1. The molecule has 7 atom stereocenters. The van der Waals surface area contributed by atoms with Crippen LogP contribution >= 0.6 is 0 Å². The maximum atomic E-state index is 13.4. The van der Waals surface area contributed by atoms with Crippen molar-refractivity contribution in [2.24, 2.45) is 35.0 Å². The van der Waals surface area contributed by atoms with Gasteiger partial charge in [-0.3, -0.25) is 4.68 Å². The maximum absolute atomic E-state index is 13.4. The van der Waals surface area contributed by atoms with E-state index in [9.17, 15) is 8.42 Å². The number of fused-ring (bicyclic) bond motifs is 3. The lowest BCUT2D eigenvalue weighted by Crippen LogP contribution is -2.50. The van der Waals surface area contributed by atoms with Crippen LogP contribution < -0.4 is 0 Å². The van der Waals surface area contributed by atoms with Crippen LogP contribution in [0.2, 0.25) is 0 Å². The average molecular weight is 432 g/mol. The number of aromatic nitrogens is 2. The first-order valence-corrected chi connectivity index (χ1v) is 13.7. The van der Waals surface area contributed by atoms with Crippen LogP contribution in [0.3, 0.4) is 0 Å². The first-order chi connectivity index (χ1) is 14.3. The Hall–Kier alpha value is -1.35. The quantitative estimate of drug-likeness (QED) is 0.622. The van der Waals surface area contributed by atoms with Gasteiger partial charge in [0.05, 0.1) is 17.0 Å². The molecule has 7 unspecified atom stereocenters. The molecule has 0 saturated heterocycles. The van der Waals surface area contributed by atoms with Gasteiger partial charge in [-0.1, -0.05) is 40.0 Å². The van der Waals surface area contributed by atoms with Crippen molar-refractivity contribution >= 4 is 9.84 Å². The van der Waals surface area contributed by atoms with Crippen LogP contribution in [0.5, 0.6) is 0 Å². The molecule has 3 aliphatic rings. The molecule has 0 aromatic carbocycles. The van der Waals surface area contributed by atoms with Crippen molar-refractivity contribution in [2.75, 3.05) is 0 Å². The molecule has 1 aromatic rings. The number of nitrogens with zero attached hydrogens (tertiary/aromatic N) is 3. The second-order valence-corrected chi connectivity index (χ2v) is 12.6. The third-order valence-electron chi connectivity index (χ3n) is 9.09. The highest BCUT2D eigenvalue weighted by Crippen LogP contribution is 2.63. The van der Waals surface area contributed by atoms with Crippen LogP contribution in [-0.4, -0.2) is 23.4 Å². The van der Waals surface area contributed by atoms with Crippen molar-refractivity contribution in [3.05, 3.63) is 18.0 Å². The van der Waals surface area contributed by atoms with Gasteiger partial charge in [0.15, 0.2) is 9.84 Å². The minimum Gasteiger partial charge on any atom is -0.256 e. The van der Waals surface area contributed by atoms with Gasteiger partial charge in [-0.25, -0.2) is 8.42 Å². The van der Waals surface area contributed by atoms with E-state index in [0.717, 1.165) is 37.0 Å². The van der Waals surface area contributed by atoms with Crippen LogP contribution in [0.15, 0.2) is 12.4 Å². The molecule has 0 radical (unpaired) electrons. The molecule has 0 N–H and O–H groups in total. The lowest BCUT2D eigenvalue weighted by atomic mass is 9.52. The monoisotopic (exact) mass is 431 g/mol. The maximum Gasteiger partial charge on any atom is 0.173 e. The van der Waals surface area contributed by atoms with Crippen molar-refractivity contribution in [3.8, 4) is 6.07 Å². The summed E-state index contributed by atoms with van der Waals surface area (Å²) in [4.78, 5) is 0. The zero-order valence-corrected chi connectivity index (χ0v) is 19.6. The summed E-state index contributed by atoms with van der Waals surface area (Å²) in [5.41, 5.74) is 0.303. The molecule has 166 valence electrons. The van der Waals surface area contributed by atoms with E-state index in [4.69, 9.17) is 5.26 Å². The smallest absolute Gasteiger partial charge is 0.173 e. The predicted octanol–water partition coefficient (Wildman–Crippen LogP) is 5.17. The highest BCUT2D eigenvalue weighted by Gasteiger charge is 2.59. The Morgan fingerprint density at radius 3 is 2.67 bits per heavy atom. The molecule has 30 heavy (non-hydrogen) atoms. The van der Waals surface area contributed by atoms with Gasteiger partial charge in [0, 0.05) is 6.20 Å². The third kappa shape index (κ3) is 3.61. The molecular weight excluding hydrogens is 394 g/mol. The first-order valence-electron chi connectivity index (χ1n) is 12.0. The van der Waals surface area contributed by atoms with Crippen LogP contribution in [0.1, 0.15) is 84.1 Å². The molecule has 1 heterocycles. The van der Waals surface area contributed by atoms with Gasteiger partial charge in [0.2, 0.25) is 0 Å². The largest absolute Gasteiger partial charge is 0.256 e. The molecule has 3 fully saturated rings. The summed E-state index contributed by atoms with van der Waals surface area (Å²) in [6.45, 7) is 6.94. The normalized spacial score (nSPS) is 38.6. The Bertz CT molecular complexity index is 902. The van der Waals surface area contributed by atoms with Crippen LogP contribution in [0, 0.1) is 46.3 Å². The molecule has 6 heteroatoms. The van der Waals surface area contributed by atoms with E-state index in [1.165, 1.54) is 49.4 Å². The van der Waals surface area contributed by atoms with Crippen molar-refractivity contribution in [1.29, 1.82) is 5.26 Å². The van der Waals surface area contributed by atoms with E-state index in [-0.39, 0.29) is 16.5 Å². The van der Waals surface area contributed by atoms with Crippen molar-refractivity contribution < 1.29 is 8.42 Å². The highest BCUT2D eigenvalue weighted by molar-refractivity contribution is 7.91. The average Bonchev–Trinajstić information content (AvgIpc) is 3.31. The first kappa shape index (κ1) is 21.9. The molecule has 0 bridgehead atoms. The topological polar surface area (TPSA) is 75.8 Å². The van der Waals surface area contributed by atoms with Gasteiger partial charge in [-0.2, -0.15) is 10.4 Å². The Morgan fingerprint density at radius 2 is 2.00 bits per heavy atom. The summed E-state index contributed by atoms with van der Waals surface area (Å²) in [5.74, 6) is 3.65.